The Morgan fingerprint density at radius 2 is 1.95 bits per heavy atom. The highest BCUT2D eigenvalue weighted by Gasteiger charge is 2.20. The number of nitrogens with one attached hydrogen (secondary N) is 1. The summed E-state index contributed by atoms with van der Waals surface area (Å²) in [5.41, 5.74) is 0.898. The molecule has 1 amide bonds. The molecule has 0 aliphatic carbocycles. The SMILES string of the molecule is CCOC(=O)C(CO)NC(=O)CCc1ccc(O)cc1. The predicted molar refractivity (Wildman–Crippen MR) is 72.1 cm³/mol. The number of rotatable bonds is 7. The van der Waals surface area contributed by atoms with Crippen molar-refractivity contribution in [3.63, 3.8) is 0 Å². The van der Waals surface area contributed by atoms with E-state index in [1.165, 1.54) is 0 Å². The van der Waals surface area contributed by atoms with Crippen LogP contribution in [0.5, 0.6) is 5.75 Å². The van der Waals surface area contributed by atoms with Gasteiger partial charge in [0.25, 0.3) is 0 Å². The molecule has 0 heterocycles. The van der Waals surface area contributed by atoms with Crippen LogP contribution in [0.25, 0.3) is 0 Å². The fourth-order valence-corrected chi connectivity index (χ4v) is 1.61. The molecule has 110 valence electrons. The topological polar surface area (TPSA) is 95.9 Å². The summed E-state index contributed by atoms with van der Waals surface area (Å²) < 4.78 is 4.73. The van der Waals surface area contributed by atoms with E-state index in [1.807, 2.05) is 0 Å². The fourth-order valence-electron chi connectivity index (χ4n) is 1.61. The molecule has 3 N–H and O–H groups in total. The summed E-state index contributed by atoms with van der Waals surface area (Å²) in [6.07, 6.45) is 0.660. The summed E-state index contributed by atoms with van der Waals surface area (Å²) in [6.45, 7) is 1.35. The van der Waals surface area contributed by atoms with Gasteiger partial charge in [-0.15, -0.1) is 0 Å². The zero-order valence-corrected chi connectivity index (χ0v) is 11.3. The maximum atomic E-state index is 11.7. The molecule has 0 saturated heterocycles. The lowest BCUT2D eigenvalue weighted by molar-refractivity contribution is -0.148. The van der Waals surface area contributed by atoms with Crippen molar-refractivity contribution in [1.82, 2.24) is 5.32 Å². The number of aryl methyl sites for hydroxylation is 1. The highest BCUT2D eigenvalue weighted by atomic mass is 16.5. The van der Waals surface area contributed by atoms with Crippen molar-refractivity contribution < 1.29 is 24.5 Å². The number of phenolic OH excluding ortho intramolecular Hbond substituents is 1. The largest absolute Gasteiger partial charge is 0.508 e. The lowest BCUT2D eigenvalue weighted by Crippen LogP contribution is -2.44. The molecule has 1 rings (SSSR count). The molecule has 0 bridgehead atoms. The van der Waals surface area contributed by atoms with Gasteiger partial charge in [-0.3, -0.25) is 4.79 Å². The van der Waals surface area contributed by atoms with E-state index >= 15 is 0 Å². The standard InChI is InChI=1S/C14H19NO5/c1-2-20-14(19)12(9-16)15-13(18)8-5-10-3-6-11(17)7-4-10/h3-4,6-7,12,16-17H,2,5,8-9H2,1H3,(H,15,18). The molecule has 1 aromatic rings. The van der Waals surface area contributed by atoms with Crippen molar-refractivity contribution in [2.75, 3.05) is 13.2 Å². The number of esters is 1. The van der Waals surface area contributed by atoms with Gasteiger partial charge in [-0.2, -0.15) is 0 Å². The number of amides is 1. The van der Waals surface area contributed by atoms with Crippen molar-refractivity contribution in [2.24, 2.45) is 0 Å². The number of ether oxygens (including phenoxy) is 1. The van der Waals surface area contributed by atoms with Crippen LogP contribution in [0.3, 0.4) is 0 Å². The molecule has 20 heavy (non-hydrogen) atoms. The lowest BCUT2D eigenvalue weighted by Gasteiger charge is -2.14. The minimum atomic E-state index is -1.03. The van der Waals surface area contributed by atoms with Crippen LogP contribution in [-0.2, 0) is 20.7 Å². The second-order valence-electron chi connectivity index (χ2n) is 4.22. The highest BCUT2D eigenvalue weighted by molar-refractivity contribution is 5.84. The first-order chi connectivity index (χ1) is 9.56. The van der Waals surface area contributed by atoms with Gasteiger partial charge < -0.3 is 20.3 Å². The quantitative estimate of drug-likeness (QED) is 0.627. The van der Waals surface area contributed by atoms with E-state index in [9.17, 15) is 9.59 Å². The van der Waals surface area contributed by atoms with Gasteiger partial charge in [0.1, 0.15) is 5.75 Å². The van der Waals surface area contributed by atoms with Crippen LogP contribution in [0.4, 0.5) is 0 Å². The van der Waals surface area contributed by atoms with E-state index in [1.54, 1.807) is 31.2 Å². The number of aliphatic hydroxyl groups excluding tert-OH is 1. The zero-order valence-electron chi connectivity index (χ0n) is 11.3. The first-order valence-corrected chi connectivity index (χ1v) is 6.41. The van der Waals surface area contributed by atoms with Gasteiger partial charge in [-0.05, 0) is 31.0 Å². The van der Waals surface area contributed by atoms with Crippen molar-refractivity contribution in [2.45, 2.75) is 25.8 Å². The number of hydrogen-bond acceptors (Lipinski definition) is 5. The monoisotopic (exact) mass is 281 g/mol. The molecule has 1 unspecified atom stereocenters. The molecule has 1 atom stereocenters. The molecule has 0 saturated carbocycles. The number of phenols is 1. The Kier molecular flexibility index (Phi) is 6.52. The van der Waals surface area contributed by atoms with E-state index in [-0.39, 0.29) is 24.7 Å². The molecular formula is C14H19NO5. The maximum absolute atomic E-state index is 11.7. The Morgan fingerprint density at radius 3 is 2.50 bits per heavy atom. The van der Waals surface area contributed by atoms with Gasteiger partial charge >= 0.3 is 5.97 Å². The smallest absolute Gasteiger partial charge is 0.331 e. The van der Waals surface area contributed by atoms with E-state index in [4.69, 9.17) is 14.9 Å². The van der Waals surface area contributed by atoms with Gasteiger partial charge in [0.05, 0.1) is 13.2 Å². The number of hydrogen-bond donors (Lipinski definition) is 3. The van der Waals surface area contributed by atoms with Crippen LogP contribution >= 0.6 is 0 Å². The second kappa shape index (κ2) is 8.16. The van der Waals surface area contributed by atoms with Crippen molar-refractivity contribution >= 4 is 11.9 Å². The second-order valence-corrected chi connectivity index (χ2v) is 4.22. The Labute approximate surface area is 117 Å². The average Bonchev–Trinajstić information content (AvgIpc) is 2.44. The Hall–Kier alpha value is -2.08. The first kappa shape index (κ1) is 16.0. The molecule has 0 aliphatic heterocycles. The van der Waals surface area contributed by atoms with Crippen LogP contribution in [0.2, 0.25) is 0 Å². The first-order valence-electron chi connectivity index (χ1n) is 6.41. The Morgan fingerprint density at radius 1 is 1.30 bits per heavy atom. The summed E-state index contributed by atoms with van der Waals surface area (Å²) in [5.74, 6) is -0.820. The number of carbonyl (C=O) groups is 2. The van der Waals surface area contributed by atoms with Gasteiger partial charge in [0, 0.05) is 6.42 Å². The molecule has 0 spiro atoms. The van der Waals surface area contributed by atoms with Gasteiger partial charge in [0.2, 0.25) is 5.91 Å². The molecule has 6 heteroatoms. The molecule has 0 radical (unpaired) electrons. The van der Waals surface area contributed by atoms with Gasteiger partial charge in [0.15, 0.2) is 6.04 Å². The maximum Gasteiger partial charge on any atom is 0.331 e. The molecule has 0 aliphatic rings. The van der Waals surface area contributed by atoms with Gasteiger partial charge in [-0.25, -0.2) is 4.79 Å². The summed E-state index contributed by atoms with van der Waals surface area (Å²) in [5, 5.41) is 20.6. The van der Waals surface area contributed by atoms with Gasteiger partial charge in [-0.1, -0.05) is 12.1 Å². The predicted octanol–water partition coefficient (Wildman–Crippen LogP) is 0.365. The molecule has 0 fully saturated rings. The fraction of sp³-hybridized carbons (Fsp3) is 0.429. The third kappa shape index (κ3) is 5.27. The summed E-state index contributed by atoms with van der Waals surface area (Å²) in [6, 6.07) is 5.50. The third-order valence-electron chi connectivity index (χ3n) is 2.67. The molecular weight excluding hydrogens is 262 g/mol. The highest BCUT2D eigenvalue weighted by Crippen LogP contribution is 2.11. The van der Waals surface area contributed by atoms with E-state index in [0.717, 1.165) is 5.56 Å². The number of carbonyl (C=O) groups excluding carboxylic acids is 2. The van der Waals surface area contributed by atoms with E-state index < -0.39 is 18.6 Å². The van der Waals surface area contributed by atoms with Crippen molar-refractivity contribution in [3.8, 4) is 5.75 Å². The summed E-state index contributed by atoms with van der Waals surface area (Å²) in [4.78, 5) is 23.1. The van der Waals surface area contributed by atoms with Crippen LogP contribution in [0.15, 0.2) is 24.3 Å². The third-order valence-corrected chi connectivity index (χ3v) is 2.67. The minimum absolute atomic E-state index is 0.167. The Bertz CT molecular complexity index is 443. The lowest BCUT2D eigenvalue weighted by atomic mass is 10.1. The van der Waals surface area contributed by atoms with Crippen molar-refractivity contribution in [1.29, 1.82) is 0 Å². The minimum Gasteiger partial charge on any atom is -0.508 e. The molecule has 0 aromatic heterocycles. The van der Waals surface area contributed by atoms with Crippen LogP contribution < -0.4 is 5.32 Å². The zero-order chi connectivity index (χ0) is 15.0. The van der Waals surface area contributed by atoms with Crippen LogP contribution in [-0.4, -0.2) is 41.3 Å². The number of benzene rings is 1. The molecule has 6 nitrogen and oxygen atoms in total. The van der Waals surface area contributed by atoms with Crippen LogP contribution in [0, 0.1) is 0 Å². The summed E-state index contributed by atoms with van der Waals surface area (Å²) in [7, 11) is 0. The average molecular weight is 281 g/mol. The Balaban J connectivity index is 2.42. The van der Waals surface area contributed by atoms with E-state index in [0.29, 0.717) is 6.42 Å². The summed E-state index contributed by atoms with van der Waals surface area (Å²) >= 11 is 0. The number of aliphatic hydroxyl groups is 1. The normalized spacial score (nSPS) is 11.7. The van der Waals surface area contributed by atoms with Crippen LogP contribution in [0.1, 0.15) is 18.9 Å². The molecule has 1 aromatic carbocycles. The number of aromatic hydroxyl groups is 1. The van der Waals surface area contributed by atoms with E-state index in [2.05, 4.69) is 5.32 Å². The van der Waals surface area contributed by atoms with Crippen molar-refractivity contribution in [3.05, 3.63) is 29.8 Å².